The molecule has 0 spiro atoms. The van der Waals surface area contributed by atoms with Crippen molar-refractivity contribution in [2.75, 3.05) is 32.0 Å². The van der Waals surface area contributed by atoms with Crippen molar-refractivity contribution < 1.29 is 13.2 Å². The molecule has 1 aliphatic heterocycles. The lowest BCUT2D eigenvalue weighted by molar-refractivity contribution is 0.148. The normalized spacial score (nSPS) is 18.8. The summed E-state index contributed by atoms with van der Waals surface area (Å²) in [5, 5.41) is 0. The van der Waals surface area contributed by atoms with Crippen LogP contribution in [0.25, 0.3) is 0 Å². The van der Waals surface area contributed by atoms with Crippen LogP contribution in [-0.2, 0) is 14.8 Å². The van der Waals surface area contributed by atoms with Crippen molar-refractivity contribution in [2.24, 2.45) is 0 Å². The standard InChI is InChI=1S/C9H14N4O3S/c10-9-11-6-8(7-12-9)17(14,15)13-2-1-4-16-5-3-13/h6-7H,1-5H2,(H2,10,11,12). The van der Waals surface area contributed by atoms with Crippen molar-refractivity contribution in [2.45, 2.75) is 11.3 Å². The Kier molecular flexibility index (Phi) is 3.55. The summed E-state index contributed by atoms with van der Waals surface area (Å²) in [6.07, 6.45) is 3.14. The summed E-state index contributed by atoms with van der Waals surface area (Å²) >= 11 is 0. The van der Waals surface area contributed by atoms with E-state index in [9.17, 15) is 8.42 Å². The molecule has 1 aromatic heterocycles. The fourth-order valence-electron chi connectivity index (χ4n) is 1.57. The lowest BCUT2D eigenvalue weighted by Crippen LogP contribution is -2.33. The monoisotopic (exact) mass is 258 g/mol. The maximum atomic E-state index is 12.2. The van der Waals surface area contributed by atoms with Gasteiger partial charge in [-0.2, -0.15) is 4.31 Å². The molecule has 94 valence electrons. The van der Waals surface area contributed by atoms with E-state index >= 15 is 0 Å². The van der Waals surface area contributed by atoms with Crippen molar-refractivity contribution in [1.29, 1.82) is 0 Å². The van der Waals surface area contributed by atoms with E-state index < -0.39 is 10.0 Å². The molecule has 2 heterocycles. The molecule has 0 saturated carbocycles. The number of sulfonamides is 1. The summed E-state index contributed by atoms with van der Waals surface area (Å²) in [5.41, 5.74) is 5.32. The fraction of sp³-hybridized carbons (Fsp3) is 0.556. The maximum absolute atomic E-state index is 12.2. The van der Waals surface area contributed by atoms with Crippen LogP contribution in [-0.4, -0.2) is 49.0 Å². The molecule has 1 saturated heterocycles. The van der Waals surface area contributed by atoms with E-state index in [0.29, 0.717) is 32.7 Å². The summed E-state index contributed by atoms with van der Waals surface area (Å²) < 4.78 is 31.0. The first-order chi connectivity index (χ1) is 8.10. The summed E-state index contributed by atoms with van der Waals surface area (Å²) in [7, 11) is -3.53. The molecular weight excluding hydrogens is 244 g/mol. The SMILES string of the molecule is Nc1ncc(S(=O)(=O)N2CCCOCC2)cn1. The predicted octanol–water partition coefficient (Wildman–Crippen LogP) is -0.530. The van der Waals surface area contributed by atoms with Crippen LogP contribution in [0.15, 0.2) is 17.3 Å². The molecule has 0 amide bonds. The van der Waals surface area contributed by atoms with Crippen LogP contribution in [0.4, 0.5) is 5.95 Å². The summed E-state index contributed by atoms with van der Waals surface area (Å²) in [4.78, 5) is 7.45. The molecule has 1 aromatic rings. The van der Waals surface area contributed by atoms with E-state index in [1.54, 1.807) is 0 Å². The minimum absolute atomic E-state index is 0.0585. The molecule has 0 unspecified atom stereocenters. The third kappa shape index (κ3) is 2.71. The van der Waals surface area contributed by atoms with Gasteiger partial charge in [-0.15, -0.1) is 0 Å². The number of nitrogens with two attached hydrogens (primary N) is 1. The first kappa shape index (κ1) is 12.2. The van der Waals surface area contributed by atoms with Crippen LogP contribution in [0.1, 0.15) is 6.42 Å². The third-order valence-electron chi connectivity index (χ3n) is 2.47. The number of anilines is 1. The van der Waals surface area contributed by atoms with Gasteiger partial charge in [0.2, 0.25) is 16.0 Å². The molecule has 0 aliphatic carbocycles. The summed E-state index contributed by atoms with van der Waals surface area (Å²) in [6, 6.07) is 0. The quantitative estimate of drug-likeness (QED) is 0.765. The molecule has 0 radical (unpaired) electrons. The van der Waals surface area contributed by atoms with Crippen molar-refractivity contribution in [3.63, 3.8) is 0 Å². The lowest BCUT2D eigenvalue weighted by Gasteiger charge is -2.18. The van der Waals surface area contributed by atoms with E-state index in [4.69, 9.17) is 10.5 Å². The van der Waals surface area contributed by atoms with E-state index in [-0.39, 0.29) is 10.8 Å². The number of nitrogen functional groups attached to an aromatic ring is 1. The first-order valence-corrected chi connectivity index (χ1v) is 6.70. The van der Waals surface area contributed by atoms with E-state index in [1.165, 1.54) is 16.7 Å². The zero-order valence-electron chi connectivity index (χ0n) is 9.24. The molecule has 0 aromatic carbocycles. The average Bonchev–Trinajstić information content (AvgIpc) is 2.58. The fourth-order valence-corrected chi connectivity index (χ4v) is 2.93. The highest BCUT2D eigenvalue weighted by atomic mass is 32.2. The summed E-state index contributed by atoms with van der Waals surface area (Å²) in [6.45, 7) is 1.80. The molecule has 1 fully saturated rings. The lowest BCUT2D eigenvalue weighted by atomic mass is 10.5. The van der Waals surface area contributed by atoms with E-state index in [0.717, 1.165) is 0 Å². The minimum atomic E-state index is -3.53. The van der Waals surface area contributed by atoms with Gasteiger partial charge in [0.15, 0.2) is 0 Å². The molecule has 0 bridgehead atoms. The van der Waals surface area contributed by atoms with Crippen molar-refractivity contribution in [1.82, 2.24) is 14.3 Å². The Labute approximate surface area is 99.7 Å². The van der Waals surface area contributed by atoms with Gasteiger partial charge in [-0.05, 0) is 6.42 Å². The van der Waals surface area contributed by atoms with Gasteiger partial charge >= 0.3 is 0 Å². The Morgan fingerprint density at radius 1 is 1.24 bits per heavy atom. The Morgan fingerprint density at radius 3 is 2.65 bits per heavy atom. The average molecular weight is 258 g/mol. The number of aromatic nitrogens is 2. The molecule has 8 heteroatoms. The van der Waals surface area contributed by atoms with Crippen molar-refractivity contribution in [3.8, 4) is 0 Å². The second kappa shape index (κ2) is 4.94. The van der Waals surface area contributed by atoms with Gasteiger partial charge in [0.25, 0.3) is 0 Å². The van der Waals surface area contributed by atoms with Gasteiger partial charge in [-0.3, -0.25) is 0 Å². The molecule has 7 nitrogen and oxygen atoms in total. The van der Waals surface area contributed by atoms with Crippen molar-refractivity contribution >= 4 is 16.0 Å². The Bertz CT molecular complexity index is 466. The number of nitrogens with zero attached hydrogens (tertiary/aromatic N) is 3. The zero-order valence-corrected chi connectivity index (χ0v) is 10.1. The third-order valence-corrected chi connectivity index (χ3v) is 4.32. The molecular formula is C9H14N4O3S. The first-order valence-electron chi connectivity index (χ1n) is 5.26. The number of ether oxygens (including phenoxy) is 1. The number of rotatable bonds is 2. The second-order valence-electron chi connectivity index (χ2n) is 3.65. The molecule has 2 N–H and O–H groups in total. The Morgan fingerprint density at radius 2 is 1.94 bits per heavy atom. The van der Waals surface area contributed by atoms with Crippen LogP contribution in [0.3, 0.4) is 0 Å². The maximum Gasteiger partial charge on any atom is 0.246 e. The highest BCUT2D eigenvalue weighted by Gasteiger charge is 2.25. The Hall–Kier alpha value is -1.25. The van der Waals surface area contributed by atoms with Gasteiger partial charge in [0, 0.05) is 19.7 Å². The van der Waals surface area contributed by atoms with Crippen molar-refractivity contribution in [3.05, 3.63) is 12.4 Å². The van der Waals surface area contributed by atoms with Gasteiger partial charge in [-0.25, -0.2) is 18.4 Å². The number of hydrogen-bond acceptors (Lipinski definition) is 6. The minimum Gasteiger partial charge on any atom is -0.380 e. The van der Waals surface area contributed by atoms with Crippen LogP contribution < -0.4 is 5.73 Å². The van der Waals surface area contributed by atoms with Crippen LogP contribution in [0, 0.1) is 0 Å². The molecule has 0 atom stereocenters. The van der Waals surface area contributed by atoms with Gasteiger partial charge in [0.05, 0.1) is 19.0 Å². The summed E-state index contributed by atoms with van der Waals surface area (Å²) in [5.74, 6) is 0.0585. The molecule has 2 rings (SSSR count). The topological polar surface area (TPSA) is 98.4 Å². The second-order valence-corrected chi connectivity index (χ2v) is 5.58. The molecule has 1 aliphatic rings. The zero-order chi connectivity index (χ0) is 12.3. The Balaban J connectivity index is 2.25. The predicted molar refractivity (Wildman–Crippen MR) is 60.6 cm³/mol. The van der Waals surface area contributed by atoms with Crippen LogP contribution in [0.2, 0.25) is 0 Å². The van der Waals surface area contributed by atoms with Gasteiger partial charge < -0.3 is 10.5 Å². The van der Waals surface area contributed by atoms with E-state index in [2.05, 4.69) is 9.97 Å². The van der Waals surface area contributed by atoms with Crippen LogP contribution in [0.5, 0.6) is 0 Å². The largest absolute Gasteiger partial charge is 0.380 e. The smallest absolute Gasteiger partial charge is 0.246 e. The van der Waals surface area contributed by atoms with Crippen LogP contribution >= 0.6 is 0 Å². The molecule has 17 heavy (non-hydrogen) atoms. The number of hydrogen-bond donors (Lipinski definition) is 1. The van der Waals surface area contributed by atoms with Gasteiger partial charge in [0.1, 0.15) is 4.90 Å². The van der Waals surface area contributed by atoms with Gasteiger partial charge in [-0.1, -0.05) is 0 Å². The highest BCUT2D eigenvalue weighted by molar-refractivity contribution is 7.89. The highest BCUT2D eigenvalue weighted by Crippen LogP contribution is 2.15. The van der Waals surface area contributed by atoms with E-state index in [1.807, 2.05) is 0 Å².